The highest BCUT2D eigenvalue weighted by Crippen LogP contribution is 2.50. The van der Waals surface area contributed by atoms with Crippen molar-refractivity contribution in [2.24, 2.45) is 11.8 Å². The van der Waals surface area contributed by atoms with Crippen LogP contribution in [0.2, 0.25) is 0 Å². The zero-order valence-electron chi connectivity index (χ0n) is 21.3. The lowest BCUT2D eigenvalue weighted by Gasteiger charge is -2.40. The number of nitrogens with zero attached hydrogens (tertiary/aromatic N) is 3. The van der Waals surface area contributed by atoms with Gasteiger partial charge in [0.05, 0.1) is 24.6 Å². The summed E-state index contributed by atoms with van der Waals surface area (Å²) in [6.07, 6.45) is 2.13. The van der Waals surface area contributed by atoms with E-state index in [0.29, 0.717) is 0 Å². The van der Waals surface area contributed by atoms with Crippen LogP contribution in [0.4, 0.5) is 18.9 Å². The van der Waals surface area contributed by atoms with Gasteiger partial charge in [0.25, 0.3) is 11.8 Å². The van der Waals surface area contributed by atoms with Crippen molar-refractivity contribution in [2.75, 3.05) is 18.6 Å². The van der Waals surface area contributed by atoms with Crippen LogP contribution in [0.5, 0.6) is 5.75 Å². The van der Waals surface area contributed by atoms with Crippen molar-refractivity contribution in [1.82, 2.24) is 15.3 Å². The van der Waals surface area contributed by atoms with E-state index in [-0.39, 0.29) is 47.5 Å². The number of hydrogen-bond donors (Lipinski definition) is 2. The number of aromatic nitrogens is 2. The minimum absolute atomic E-state index is 0.0251. The summed E-state index contributed by atoms with van der Waals surface area (Å²) in [4.78, 5) is 35.3. The lowest BCUT2D eigenvalue weighted by atomic mass is 9.77. The number of hydrogen-bond acceptors (Lipinski definition) is 6. The summed E-state index contributed by atoms with van der Waals surface area (Å²) in [5.41, 5.74) is -2.15. The maximum absolute atomic E-state index is 14.8. The number of pyridine rings is 2. The number of alkyl halides is 3. The molecule has 40 heavy (non-hydrogen) atoms. The van der Waals surface area contributed by atoms with Crippen LogP contribution in [0, 0.1) is 17.7 Å². The fraction of sp³-hybridized carbons (Fsp3) is 0.357. The molecule has 5 rings (SSSR count). The van der Waals surface area contributed by atoms with Crippen molar-refractivity contribution in [3.63, 3.8) is 0 Å². The first-order valence-corrected chi connectivity index (χ1v) is 13.0. The smallest absolute Gasteiger partial charge is 0.268 e. The number of aliphatic hydroxyl groups is 1. The average molecular weight is 575 g/mol. The van der Waals surface area contributed by atoms with E-state index in [1.165, 1.54) is 48.8 Å². The number of anilines is 1. The van der Waals surface area contributed by atoms with Crippen molar-refractivity contribution in [1.29, 1.82) is 0 Å². The Morgan fingerprint density at radius 2 is 1.95 bits per heavy atom. The van der Waals surface area contributed by atoms with Crippen LogP contribution >= 0.6 is 11.6 Å². The van der Waals surface area contributed by atoms with Crippen molar-refractivity contribution >= 4 is 29.1 Å². The summed E-state index contributed by atoms with van der Waals surface area (Å²) >= 11 is 6.71. The van der Waals surface area contributed by atoms with E-state index in [1.807, 2.05) is 0 Å². The lowest BCUT2D eigenvalue weighted by Crippen LogP contribution is -2.52. The number of halogens is 4. The normalized spacial score (nSPS) is 26.1. The van der Waals surface area contributed by atoms with Crippen molar-refractivity contribution in [2.45, 2.75) is 36.3 Å². The zero-order valence-corrected chi connectivity index (χ0v) is 22.1. The highest BCUT2D eigenvalue weighted by Gasteiger charge is 2.55. The minimum atomic E-state index is -2.77. The third kappa shape index (κ3) is 4.77. The van der Waals surface area contributed by atoms with Gasteiger partial charge in [0.2, 0.25) is 6.43 Å². The Hall–Kier alpha value is -3.70. The molecule has 1 fully saturated rings. The summed E-state index contributed by atoms with van der Waals surface area (Å²) in [7, 11) is 1.38. The maximum Gasteiger partial charge on any atom is 0.268 e. The fourth-order valence-electron chi connectivity index (χ4n) is 5.66. The number of rotatable bonds is 7. The molecule has 1 aliphatic heterocycles. The lowest BCUT2D eigenvalue weighted by molar-refractivity contribution is -0.132. The molecule has 0 unspecified atom stereocenters. The molecule has 12 heteroatoms. The SMILES string of the molecule is COc1cccc2c1N(C[C@H]1C[C@@H](C(F)F)[C@H](NC(=O)c3cccnc3)C[C@H]1Cl)C(=O)[C@]2(O)c1ccncc1F. The molecule has 0 bridgehead atoms. The summed E-state index contributed by atoms with van der Waals surface area (Å²) in [6.45, 7) is -0.137. The number of carbonyl (C=O) groups is 2. The number of nitrogens with one attached hydrogen (secondary N) is 1. The molecular weight excluding hydrogens is 549 g/mol. The highest BCUT2D eigenvalue weighted by atomic mass is 35.5. The monoisotopic (exact) mass is 574 g/mol. The number of fused-ring (bicyclic) bond motifs is 1. The predicted molar refractivity (Wildman–Crippen MR) is 140 cm³/mol. The third-order valence-corrected chi connectivity index (χ3v) is 8.19. The Labute approximate surface area is 233 Å². The van der Waals surface area contributed by atoms with Gasteiger partial charge in [-0.1, -0.05) is 12.1 Å². The molecule has 0 saturated heterocycles. The molecule has 3 heterocycles. The van der Waals surface area contributed by atoms with Gasteiger partial charge in [-0.05, 0) is 43.0 Å². The molecule has 2 aromatic heterocycles. The summed E-state index contributed by atoms with van der Waals surface area (Å²) in [6, 6.07) is 8.03. The van der Waals surface area contributed by atoms with Gasteiger partial charge >= 0.3 is 0 Å². The Bertz CT molecular complexity index is 1420. The number of methoxy groups -OCH3 is 1. The molecule has 1 saturated carbocycles. The standard InChI is InChI=1S/C28H26ClF3N4O4/c1-40-23-6-2-5-19-24(23)36(27(38)28(19,39)18-7-9-34-13-21(18)30)14-16-10-17(25(31)32)22(11-20(16)29)35-26(37)15-4-3-8-33-12-15/h2-9,12-13,16-17,20,22,25,39H,10-11,14H2,1H3,(H,35,37)/t16-,17-,20-,22-,28+/m1/s1. The molecule has 3 aromatic rings. The summed E-state index contributed by atoms with van der Waals surface area (Å²) in [5.74, 6) is -3.92. The van der Waals surface area contributed by atoms with Gasteiger partial charge in [0.15, 0.2) is 5.60 Å². The minimum Gasteiger partial charge on any atom is -0.495 e. The van der Waals surface area contributed by atoms with Gasteiger partial charge in [0.1, 0.15) is 11.6 Å². The molecule has 8 nitrogen and oxygen atoms in total. The topological polar surface area (TPSA) is 105 Å². The van der Waals surface area contributed by atoms with Crippen LogP contribution in [0.15, 0.2) is 61.2 Å². The molecule has 2 amide bonds. The van der Waals surface area contributed by atoms with Crippen molar-refractivity contribution in [3.8, 4) is 5.75 Å². The Morgan fingerprint density at radius 1 is 1.18 bits per heavy atom. The number of para-hydroxylation sites is 1. The van der Waals surface area contributed by atoms with E-state index < -0.39 is 52.9 Å². The molecule has 5 atom stereocenters. The van der Waals surface area contributed by atoms with Gasteiger partial charge in [-0.3, -0.25) is 19.6 Å². The number of carbonyl (C=O) groups excluding carboxylic acids is 2. The Balaban J connectivity index is 1.44. The fourth-order valence-corrected chi connectivity index (χ4v) is 6.04. The quantitative estimate of drug-likeness (QED) is 0.415. The molecule has 1 aromatic carbocycles. The molecule has 1 aliphatic carbocycles. The van der Waals surface area contributed by atoms with E-state index in [0.717, 1.165) is 6.20 Å². The molecule has 2 aliphatic rings. The van der Waals surface area contributed by atoms with Crippen molar-refractivity contribution in [3.05, 3.63) is 83.7 Å². The van der Waals surface area contributed by atoms with Gasteiger partial charge in [-0.2, -0.15) is 0 Å². The first-order valence-electron chi connectivity index (χ1n) is 12.6. The summed E-state index contributed by atoms with van der Waals surface area (Å²) in [5, 5.41) is 13.7. The second-order valence-corrected chi connectivity index (χ2v) is 10.5. The average Bonchev–Trinajstić information content (AvgIpc) is 3.17. The van der Waals surface area contributed by atoms with Crippen LogP contribution in [0.1, 0.15) is 34.3 Å². The molecule has 2 N–H and O–H groups in total. The summed E-state index contributed by atoms with van der Waals surface area (Å²) < 4.78 is 48.8. The van der Waals surface area contributed by atoms with Crippen LogP contribution in [-0.4, -0.2) is 58.4 Å². The van der Waals surface area contributed by atoms with Gasteiger partial charge in [0, 0.05) is 53.6 Å². The van der Waals surface area contributed by atoms with Gasteiger partial charge in [-0.15, -0.1) is 11.6 Å². The van der Waals surface area contributed by atoms with Gasteiger partial charge < -0.3 is 20.1 Å². The van der Waals surface area contributed by atoms with Crippen LogP contribution < -0.4 is 15.0 Å². The Morgan fingerprint density at radius 3 is 2.62 bits per heavy atom. The van der Waals surface area contributed by atoms with Gasteiger partial charge in [-0.25, -0.2) is 13.2 Å². The van der Waals surface area contributed by atoms with E-state index in [4.69, 9.17) is 16.3 Å². The van der Waals surface area contributed by atoms with E-state index >= 15 is 0 Å². The highest BCUT2D eigenvalue weighted by molar-refractivity contribution is 6.21. The van der Waals surface area contributed by atoms with Crippen LogP contribution in [0.25, 0.3) is 0 Å². The number of benzene rings is 1. The third-order valence-electron chi connectivity index (χ3n) is 7.66. The number of ether oxygens (including phenoxy) is 1. The number of amides is 2. The van der Waals surface area contributed by atoms with E-state index in [1.54, 1.807) is 18.2 Å². The first-order chi connectivity index (χ1) is 19.2. The second-order valence-electron chi connectivity index (χ2n) is 9.91. The van der Waals surface area contributed by atoms with E-state index in [9.17, 15) is 27.9 Å². The molecule has 0 radical (unpaired) electrons. The van der Waals surface area contributed by atoms with E-state index in [2.05, 4.69) is 15.3 Å². The predicted octanol–water partition coefficient (Wildman–Crippen LogP) is 3.90. The molecule has 210 valence electrons. The Kier molecular flexibility index (Phi) is 7.70. The molecular formula is C28H26ClF3N4O4. The molecule has 0 spiro atoms. The van der Waals surface area contributed by atoms with Crippen molar-refractivity contribution < 1.29 is 32.6 Å². The largest absolute Gasteiger partial charge is 0.495 e. The second kappa shape index (κ2) is 11.1. The van der Waals surface area contributed by atoms with Crippen LogP contribution in [0.3, 0.4) is 0 Å². The zero-order chi connectivity index (χ0) is 28.6. The van der Waals surface area contributed by atoms with Crippen LogP contribution in [-0.2, 0) is 10.4 Å². The first kappa shape index (κ1) is 27.9. The maximum atomic E-state index is 14.8.